The number of benzene rings is 2. The quantitative estimate of drug-likeness (QED) is 0.877. The molecule has 0 aliphatic carbocycles. The predicted octanol–water partition coefficient (Wildman–Crippen LogP) is 2.88. The molecule has 0 spiro atoms. The van der Waals surface area contributed by atoms with Crippen molar-refractivity contribution in [2.24, 2.45) is 0 Å². The molecule has 2 aromatic carbocycles. The molecule has 5 nitrogen and oxygen atoms in total. The summed E-state index contributed by atoms with van der Waals surface area (Å²) in [5, 5.41) is 2.60. The Morgan fingerprint density at radius 3 is 2.38 bits per heavy atom. The Bertz CT molecular complexity index is 760. The molecule has 0 aromatic heterocycles. The molecule has 0 fully saturated rings. The number of ether oxygens (including phenoxy) is 1. The van der Waals surface area contributed by atoms with E-state index < -0.39 is 9.05 Å². The first kappa shape index (κ1) is 15.3. The summed E-state index contributed by atoms with van der Waals surface area (Å²) in [4.78, 5) is 11.8. The summed E-state index contributed by atoms with van der Waals surface area (Å²) in [5.41, 5.74) is 0.771. The van der Waals surface area contributed by atoms with Gasteiger partial charge in [-0.1, -0.05) is 18.2 Å². The van der Waals surface area contributed by atoms with E-state index in [1.165, 1.54) is 25.3 Å². The highest BCUT2D eigenvalue weighted by Gasteiger charge is 2.18. The fraction of sp³-hybridized carbons (Fsp3) is 0.0714. The second-order valence-corrected chi connectivity index (χ2v) is 6.66. The lowest BCUT2D eigenvalue weighted by atomic mass is 10.2. The van der Waals surface area contributed by atoms with Gasteiger partial charge in [0.2, 0.25) is 0 Å². The van der Waals surface area contributed by atoms with E-state index in [0.29, 0.717) is 11.3 Å². The molecule has 0 atom stereocenters. The van der Waals surface area contributed by atoms with Crippen LogP contribution in [-0.4, -0.2) is 21.4 Å². The van der Waals surface area contributed by atoms with E-state index in [2.05, 4.69) is 5.32 Å². The number of hydrogen-bond acceptors (Lipinski definition) is 4. The predicted molar refractivity (Wildman–Crippen MR) is 80.4 cm³/mol. The van der Waals surface area contributed by atoms with Gasteiger partial charge >= 0.3 is 0 Å². The van der Waals surface area contributed by atoms with Gasteiger partial charge in [0, 0.05) is 21.9 Å². The molecule has 1 N–H and O–H groups in total. The average Bonchev–Trinajstić information content (AvgIpc) is 2.47. The van der Waals surface area contributed by atoms with Crippen LogP contribution >= 0.6 is 10.7 Å². The molecule has 0 bridgehead atoms. The number of halogens is 1. The Kier molecular flexibility index (Phi) is 4.50. The molecule has 7 heteroatoms. The minimum atomic E-state index is -3.97. The highest BCUT2D eigenvalue weighted by atomic mass is 35.7. The summed E-state index contributed by atoms with van der Waals surface area (Å²) < 4.78 is 27.9. The molecule has 0 saturated carbocycles. The standard InChI is InChI=1S/C14H12ClNO4S/c1-20-12-8-7-11(9-13(12)21(15,18)19)16-14(17)10-5-3-2-4-6-10/h2-9H,1H3,(H,16,17). The molecule has 21 heavy (non-hydrogen) atoms. The summed E-state index contributed by atoms with van der Waals surface area (Å²) in [5.74, 6) is -0.235. The van der Waals surface area contributed by atoms with Crippen molar-refractivity contribution in [1.82, 2.24) is 0 Å². The first-order valence-corrected chi connectivity index (χ1v) is 8.22. The van der Waals surface area contributed by atoms with Crippen molar-refractivity contribution in [3.8, 4) is 5.75 Å². The van der Waals surface area contributed by atoms with Crippen LogP contribution in [0.5, 0.6) is 5.75 Å². The van der Waals surface area contributed by atoms with Crippen LogP contribution in [0.15, 0.2) is 53.4 Å². The van der Waals surface area contributed by atoms with Gasteiger partial charge < -0.3 is 10.1 Å². The van der Waals surface area contributed by atoms with E-state index in [9.17, 15) is 13.2 Å². The molecule has 2 aromatic rings. The molecule has 0 heterocycles. The van der Waals surface area contributed by atoms with Crippen molar-refractivity contribution in [2.45, 2.75) is 4.90 Å². The number of nitrogens with one attached hydrogen (secondary N) is 1. The molecule has 1 amide bonds. The van der Waals surface area contributed by atoms with Gasteiger partial charge in [-0.15, -0.1) is 0 Å². The SMILES string of the molecule is COc1ccc(NC(=O)c2ccccc2)cc1S(=O)(=O)Cl. The molecular weight excluding hydrogens is 314 g/mol. The van der Waals surface area contributed by atoms with Crippen LogP contribution in [-0.2, 0) is 9.05 Å². The van der Waals surface area contributed by atoms with Gasteiger partial charge in [0.1, 0.15) is 10.6 Å². The minimum absolute atomic E-state index is 0.114. The van der Waals surface area contributed by atoms with E-state index in [0.717, 1.165) is 0 Å². The van der Waals surface area contributed by atoms with Crippen molar-refractivity contribution >= 4 is 31.3 Å². The van der Waals surface area contributed by atoms with Crippen LogP contribution < -0.4 is 10.1 Å². The first-order chi connectivity index (χ1) is 9.91. The number of amides is 1. The van der Waals surface area contributed by atoms with Gasteiger partial charge in [-0.3, -0.25) is 4.79 Å². The number of carbonyl (C=O) groups excluding carboxylic acids is 1. The smallest absolute Gasteiger partial charge is 0.265 e. The lowest BCUT2D eigenvalue weighted by molar-refractivity contribution is 0.102. The van der Waals surface area contributed by atoms with Gasteiger partial charge in [-0.25, -0.2) is 8.42 Å². The zero-order valence-electron chi connectivity index (χ0n) is 11.0. The van der Waals surface area contributed by atoms with Crippen LogP contribution in [0.25, 0.3) is 0 Å². The molecule has 0 aliphatic rings. The zero-order valence-corrected chi connectivity index (χ0v) is 12.6. The minimum Gasteiger partial charge on any atom is -0.495 e. The van der Waals surface area contributed by atoms with Gasteiger partial charge in [-0.2, -0.15) is 0 Å². The molecular formula is C14H12ClNO4S. The van der Waals surface area contributed by atoms with Crippen molar-refractivity contribution < 1.29 is 17.9 Å². The molecule has 0 aliphatic heterocycles. The number of rotatable bonds is 4. The fourth-order valence-electron chi connectivity index (χ4n) is 1.74. The Morgan fingerprint density at radius 2 is 1.81 bits per heavy atom. The first-order valence-electron chi connectivity index (χ1n) is 5.91. The van der Waals surface area contributed by atoms with Crippen LogP contribution in [0.3, 0.4) is 0 Å². The second-order valence-electron chi connectivity index (χ2n) is 4.12. The van der Waals surface area contributed by atoms with Gasteiger partial charge in [0.25, 0.3) is 15.0 Å². The number of hydrogen-bond donors (Lipinski definition) is 1. The van der Waals surface area contributed by atoms with E-state index in [4.69, 9.17) is 15.4 Å². The lowest BCUT2D eigenvalue weighted by Gasteiger charge is -2.09. The summed E-state index contributed by atoms with van der Waals surface area (Å²) >= 11 is 0. The third-order valence-electron chi connectivity index (χ3n) is 2.72. The summed E-state index contributed by atoms with van der Waals surface area (Å²) in [6.07, 6.45) is 0. The van der Waals surface area contributed by atoms with Crippen molar-refractivity contribution in [1.29, 1.82) is 0 Å². The fourth-order valence-corrected chi connectivity index (χ4v) is 2.76. The topological polar surface area (TPSA) is 72.5 Å². The van der Waals surface area contributed by atoms with E-state index in [-0.39, 0.29) is 16.6 Å². The number of carbonyl (C=O) groups is 1. The molecule has 0 radical (unpaired) electrons. The van der Waals surface area contributed by atoms with Gasteiger partial charge in [-0.05, 0) is 30.3 Å². The highest BCUT2D eigenvalue weighted by Crippen LogP contribution is 2.29. The van der Waals surface area contributed by atoms with Gasteiger partial charge in [0.05, 0.1) is 7.11 Å². The molecule has 2 rings (SSSR count). The Balaban J connectivity index is 2.32. The normalized spacial score (nSPS) is 11.0. The van der Waals surface area contributed by atoms with Crippen LogP contribution in [0.4, 0.5) is 5.69 Å². The van der Waals surface area contributed by atoms with E-state index in [1.54, 1.807) is 30.3 Å². The van der Waals surface area contributed by atoms with E-state index in [1.807, 2.05) is 0 Å². The number of methoxy groups -OCH3 is 1. The maximum absolute atomic E-state index is 12.0. The number of anilines is 1. The monoisotopic (exact) mass is 325 g/mol. The summed E-state index contributed by atoms with van der Waals surface area (Å²) in [7, 11) is 2.71. The largest absolute Gasteiger partial charge is 0.495 e. The molecule has 0 unspecified atom stereocenters. The zero-order chi connectivity index (χ0) is 15.5. The van der Waals surface area contributed by atoms with Crippen LogP contribution in [0.1, 0.15) is 10.4 Å². The van der Waals surface area contributed by atoms with Crippen LogP contribution in [0.2, 0.25) is 0 Å². The third-order valence-corrected chi connectivity index (χ3v) is 4.06. The van der Waals surface area contributed by atoms with Crippen LogP contribution in [0, 0.1) is 0 Å². The Morgan fingerprint density at radius 1 is 1.14 bits per heavy atom. The van der Waals surface area contributed by atoms with Crippen molar-refractivity contribution in [3.63, 3.8) is 0 Å². The third kappa shape index (κ3) is 3.74. The Hall–Kier alpha value is -2.05. The Labute approximate surface area is 126 Å². The lowest BCUT2D eigenvalue weighted by Crippen LogP contribution is -2.12. The van der Waals surface area contributed by atoms with E-state index >= 15 is 0 Å². The molecule has 0 saturated heterocycles. The maximum atomic E-state index is 12.0. The average molecular weight is 326 g/mol. The second kappa shape index (κ2) is 6.15. The molecule has 110 valence electrons. The van der Waals surface area contributed by atoms with Crippen molar-refractivity contribution in [3.05, 3.63) is 54.1 Å². The maximum Gasteiger partial charge on any atom is 0.265 e. The summed E-state index contributed by atoms with van der Waals surface area (Å²) in [6, 6.07) is 12.8. The highest BCUT2D eigenvalue weighted by molar-refractivity contribution is 8.13. The summed E-state index contributed by atoms with van der Waals surface area (Å²) in [6.45, 7) is 0. The van der Waals surface area contributed by atoms with Gasteiger partial charge in [0.15, 0.2) is 0 Å². The van der Waals surface area contributed by atoms with Crippen molar-refractivity contribution in [2.75, 3.05) is 12.4 Å².